The number of anilines is 1. The van der Waals surface area contributed by atoms with Gasteiger partial charge in [-0.3, -0.25) is 4.79 Å². The lowest BCUT2D eigenvalue weighted by Gasteiger charge is -2.22. The number of hydrogen-bond donors (Lipinski definition) is 0. The van der Waals surface area contributed by atoms with Crippen LogP contribution in [-0.4, -0.2) is 11.1 Å². The van der Waals surface area contributed by atoms with Gasteiger partial charge in [0.05, 0.1) is 12.1 Å². The van der Waals surface area contributed by atoms with Crippen molar-refractivity contribution in [2.75, 3.05) is 4.90 Å². The summed E-state index contributed by atoms with van der Waals surface area (Å²) in [6.45, 7) is 6.48. The molecular weight excluding hydrogens is 400 g/mol. The lowest BCUT2D eigenvalue weighted by Crippen LogP contribution is -2.31. The number of benzene rings is 3. The number of amides is 1. The highest BCUT2D eigenvalue weighted by Crippen LogP contribution is 2.24. The van der Waals surface area contributed by atoms with Crippen LogP contribution in [0.3, 0.4) is 0 Å². The third-order valence-electron chi connectivity index (χ3n) is 5.26. The van der Waals surface area contributed by atoms with Gasteiger partial charge in [0, 0.05) is 5.69 Å². The number of carbonyl (C=O) groups excluding carboxylic acids is 1. The number of carbonyl (C=O) groups is 1. The summed E-state index contributed by atoms with van der Waals surface area (Å²) in [7, 11) is 0. The minimum Gasteiger partial charge on any atom is -0.489 e. The van der Waals surface area contributed by atoms with Crippen LogP contribution in [0, 0.1) is 20.8 Å². The van der Waals surface area contributed by atoms with Crippen LogP contribution in [-0.2, 0) is 13.2 Å². The van der Waals surface area contributed by atoms with Gasteiger partial charge in [-0.15, -0.1) is 0 Å². The summed E-state index contributed by atoms with van der Waals surface area (Å²) < 4.78 is 11.4. The Hall–Kier alpha value is -3.86. The monoisotopic (exact) mass is 426 g/mol. The van der Waals surface area contributed by atoms with Crippen LogP contribution in [0.2, 0.25) is 0 Å². The molecule has 0 atom stereocenters. The maximum atomic E-state index is 13.7. The molecule has 0 saturated carbocycles. The lowest BCUT2D eigenvalue weighted by atomic mass is 10.1. The Morgan fingerprint density at radius 3 is 2.19 bits per heavy atom. The van der Waals surface area contributed by atoms with Gasteiger partial charge in [-0.05, 0) is 61.7 Å². The molecule has 162 valence electrons. The van der Waals surface area contributed by atoms with E-state index in [4.69, 9.17) is 9.26 Å². The topological polar surface area (TPSA) is 55.6 Å². The maximum Gasteiger partial charge on any atom is 0.281 e. The largest absolute Gasteiger partial charge is 0.489 e. The molecule has 1 heterocycles. The summed E-state index contributed by atoms with van der Waals surface area (Å²) in [5.41, 5.74) is 4.99. The van der Waals surface area contributed by atoms with Crippen molar-refractivity contribution in [1.29, 1.82) is 0 Å². The molecule has 5 nitrogen and oxygen atoms in total. The molecule has 1 amide bonds. The van der Waals surface area contributed by atoms with Gasteiger partial charge in [-0.1, -0.05) is 59.8 Å². The third-order valence-corrected chi connectivity index (χ3v) is 5.26. The van der Waals surface area contributed by atoms with Gasteiger partial charge in [0.1, 0.15) is 18.1 Å². The number of aromatic nitrogens is 1. The van der Waals surface area contributed by atoms with E-state index in [9.17, 15) is 4.79 Å². The molecule has 0 N–H and O–H groups in total. The summed E-state index contributed by atoms with van der Waals surface area (Å²) in [6.07, 6.45) is 0. The van der Waals surface area contributed by atoms with E-state index in [2.05, 4.69) is 11.2 Å². The molecule has 0 radical (unpaired) electrons. The summed E-state index contributed by atoms with van der Waals surface area (Å²) >= 11 is 0. The van der Waals surface area contributed by atoms with Crippen LogP contribution in [0.1, 0.15) is 38.5 Å². The predicted molar refractivity (Wildman–Crippen MR) is 125 cm³/mol. The number of aryl methyl sites for hydroxylation is 3. The van der Waals surface area contributed by atoms with Gasteiger partial charge in [-0.25, -0.2) is 0 Å². The second kappa shape index (κ2) is 9.52. The molecule has 1 aromatic heterocycles. The van der Waals surface area contributed by atoms with Crippen LogP contribution < -0.4 is 9.64 Å². The van der Waals surface area contributed by atoms with E-state index in [-0.39, 0.29) is 18.2 Å². The number of ether oxygens (including phenoxy) is 1. The molecule has 0 aliphatic carbocycles. The SMILES string of the molecule is Cc1cc(C)cc(OCc2c(C(=O)N(Cc3ccccc3)c3ccccc3)noc2C)c1. The van der Waals surface area contributed by atoms with Gasteiger partial charge in [0.25, 0.3) is 5.91 Å². The predicted octanol–water partition coefficient (Wildman–Crippen LogP) is 6.03. The van der Waals surface area contributed by atoms with E-state index in [1.165, 1.54) is 0 Å². The first kappa shape index (κ1) is 21.4. The van der Waals surface area contributed by atoms with E-state index < -0.39 is 0 Å². The van der Waals surface area contributed by atoms with Crippen molar-refractivity contribution in [3.63, 3.8) is 0 Å². The smallest absolute Gasteiger partial charge is 0.281 e. The zero-order valence-electron chi connectivity index (χ0n) is 18.5. The van der Waals surface area contributed by atoms with Crippen molar-refractivity contribution >= 4 is 11.6 Å². The number of rotatable bonds is 7. The first-order chi connectivity index (χ1) is 15.5. The Bertz CT molecular complexity index is 1180. The van der Waals surface area contributed by atoms with Crippen molar-refractivity contribution in [3.8, 4) is 5.75 Å². The molecule has 0 unspecified atom stereocenters. The fourth-order valence-electron chi connectivity index (χ4n) is 3.68. The normalized spacial score (nSPS) is 10.7. The Morgan fingerprint density at radius 2 is 1.53 bits per heavy atom. The fourth-order valence-corrected chi connectivity index (χ4v) is 3.68. The average molecular weight is 427 g/mol. The van der Waals surface area contributed by atoms with E-state index in [1.54, 1.807) is 11.8 Å². The molecule has 0 spiro atoms. The van der Waals surface area contributed by atoms with Gasteiger partial charge < -0.3 is 14.2 Å². The van der Waals surface area contributed by atoms with E-state index in [1.807, 2.05) is 86.6 Å². The molecule has 0 saturated heterocycles. The average Bonchev–Trinajstić information content (AvgIpc) is 3.16. The Kier molecular flexibility index (Phi) is 6.36. The van der Waals surface area contributed by atoms with E-state index >= 15 is 0 Å². The molecule has 3 aromatic carbocycles. The Labute approximate surface area is 188 Å². The first-order valence-electron chi connectivity index (χ1n) is 10.6. The van der Waals surface area contributed by atoms with Crippen LogP contribution in [0.5, 0.6) is 5.75 Å². The zero-order valence-corrected chi connectivity index (χ0v) is 18.5. The van der Waals surface area contributed by atoms with Crippen molar-refractivity contribution in [2.45, 2.75) is 33.9 Å². The summed E-state index contributed by atoms with van der Waals surface area (Å²) in [5, 5.41) is 4.10. The van der Waals surface area contributed by atoms with Gasteiger partial charge in [0.2, 0.25) is 0 Å². The molecule has 0 fully saturated rings. The molecule has 0 aliphatic rings. The zero-order chi connectivity index (χ0) is 22.5. The minimum absolute atomic E-state index is 0.202. The molecule has 0 bridgehead atoms. The first-order valence-corrected chi connectivity index (χ1v) is 10.6. The van der Waals surface area contributed by atoms with Gasteiger partial charge >= 0.3 is 0 Å². The molecule has 5 heteroatoms. The molecule has 4 aromatic rings. The maximum absolute atomic E-state index is 13.7. The highest BCUT2D eigenvalue weighted by molar-refractivity contribution is 6.05. The Balaban J connectivity index is 1.63. The highest BCUT2D eigenvalue weighted by Gasteiger charge is 2.26. The molecule has 32 heavy (non-hydrogen) atoms. The summed E-state index contributed by atoms with van der Waals surface area (Å²) in [6, 6.07) is 25.5. The number of nitrogens with zero attached hydrogens (tertiary/aromatic N) is 2. The van der Waals surface area contributed by atoms with Crippen LogP contribution >= 0.6 is 0 Å². The lowest BCUT2D eigenvalue weighted by molar-refractivity contribution is 0.0974. The van der Waals surface area contributed by atoms with E-state index in [0.717, 1.165) is 28.1 Å². The summed E-state index contributed by atoms with van der Waals surface area (Å²) in [5.74, 6) is 1.10. The Morgan fingerprint density at radius 1 is 0.906 bits per heavy atom. The van der Waals surface area contributed by atoms with Crippen LogP contribution in [0.4, 0.5) is 5.69 Å². The third kappa shape index (κ3) is 4.89. The van der Waals surface area contributed by atoms with Gasteiger partial charge in [0.15, 0.2) is 5.69 Å². The highest BCUT2D eigenvalue weighted by atomic mass is 16.5. The standard InChI is InChI=1S/C27H26N2O3/c1-19-14-20(2)16-24(15-19)31-18-25-21(3)32-28-26(25)27(30)29(23-12-8-5-9-13-23)17-22-10-6-4-7-11-22/h4-16H,17-18H2,1-3H3. The van der Waals surface area contributed by atoms with E-state index in [0.29, 0.717) is 17.9 Å². The molecular formula is C27H26N2O3. The van der Waals surface area contributed by atoms with Crippen molar-refractivity contribution < 1.29 is 14.1 Å². The van der Waals surface area contributed by atoms with Gasteiger partial charge in [-0.2, -0.15) is 0 Å². The summed E-state index contributed by atoms with van der Waals surface area (Å²) in [4.78, 5) is 15.4. The quantitative estimate of drug-likeness (QED) is 0.362. The van der Waals surface area contributed by atoms with Crippen molar-refractivity contribution in [3.05, 3.63) is 113 Å². The van der Waals surface area contributed by atoms with Crippen molar-refractivity contribution in [2.24, 2.45) is 0 Å². The second-order valence-electron chi connectivity index (χ2n) is 7.89. The number of hydrogen-bond acceptors (Lipinski definition) is 4. The molecule has 4 rings (SSSR count). The second-order valence-corrected chi connectivity index (χ2v) is 7.89. The minimum atomic E-state index is -0.226. The van der Waals surface area contributed by atoms with Crippen LogP contribution in [0.15, 0.2) is 83.4 Å². The fraction of sp³-hybridized carbons (Fsp3) is 0.185. The van der Waals surface area contributed by atoms with Crippen molar-refractivity contribution in [1.82, 2.24) is 5.16 Å². The van der Waals surface area contributed by atoms with Crippen LogP contribution in [0.25, 0.3) is 0 Å². The molecule has 0 aliphatic heterocycles. The number of para-hydroxylation sites is 1.